The van der Waals surface area contributed by atoms with E-state index in [1.54, 1.807) is 12.1 Å². The zero-order valence-electron chi connectivity index (χ0n) is 14.4. The molecule has 0 radical (unpaired) electrons. The molecule has 0 saturated carbocycles. The molecule has 5 nitrogen and oxygen atoms in total. The molecule has 0 spiro atoms. The molecule has 0 unspecified atom stereocenters. The summed E-state index contributed by atoms with van der Waals surface area (Å²) < 4.78 is 1.82. The maximum Gasteiger partial charge on any atom is 0.274 e. The van der Waals surface area contributed by atoms with Gasteiger partial charge in [0.15, 0.2) is 0 Å². The summed E-state index contributed by atoms with van der Waals surface area (Å²) >= 11 is 0. The van der Waals surface area contributed by atoms with Crippen molar-refractivity contribution in [3.8, 4) is 5.75 Å². The Morgan fingerprint density at radius 3 is 2.73 bits per heavy atom. The number of imidazole rings is 1. The summed E-state index contributed by atoms with van der Waals surface area (Å²) in [6, 6.07) is 16.5. The highest BCUT2D eigenvalue weighted by molar-refractivity contribution is 6.10. The monoisotopic (exact) mass is 345 g/mol. The van der Waals surface area contributed by atoms with Gasteiger partial charge in [0.05, 0.1) is 5.69 Å². The van der Waals surface area contributed by atoms with Crippen LogP contribution in [-0.2, 0) is 6.42 Å². The molecular formula is C21H19N3O2. The van der Waals surface area contributed by atoms with Crippen LogP contribution in [0, 0.1) is 0 Å². The largest absolute Gasteiger partial charge is 0.507 e. The Bertz CT molecular complexity index is 1110. The van der Waals surface area contributed by atoms with Gasteiger partial charge in [-0.3, -0.25) is 9.20 Å². The highest BCUT2D eigenvalue weighted by Crippen LogP contribution is 2.30. The predicted octanol–water partition coefficient (Wildman–Crippen LogP) is 4.40. The molecule has 2 aromatic carbocycles. The van der Waals surface area contributed by atoms with Crippen molar-refractivity contribution < 1.29 is 9.90 Å². The minimum Gasteiger partial charge on any atom is -0.507 e. The van der Waals surface area contributed by atoms with Crippen LogP contribution >= 0.6 is 0 Å². The molecule has 26 heavy (non-hydrogen) atoms. The first-order valence-corrected chi connectivity index (χ1v) is 8.67. The Hall–Kier alpha value is -3.34. The van der Waals surface area contributed by atoms with Crippen molar-refractivity contribution in [1.29, 1.82) is 0 Å². The lowest BCUT2D eigenvalue weighted by molar-refractivity contribution is 0.102. The zero-order valence-corrected chi connectivity index (χ0v) is 14.4. The molecular weight excluding hydrogens is 326 g/mol. The normalized spacial score (nSPS) is 11.1. The summed E-state index contributed by atoms with van der Waals surface area (Å²) in [5.41, 5.74) is 2.77. The van der Waals surface area contributed by atoms with E-state index < -0.39 is 0 Å². The number of fused-ring (bicyclic) bond motifs is 2. The van der Waals surface area contributed by atoms with Crippen molar-refractivity contribution in [3.63, 3.8) is 0 Å². The number of aromatic hydroxyl groups is 1. The van der Waals surface area contributed by atoms with E-state index in [1.165, 1.54) is 0 Å². The minimum atomic E-state index is -0.206. The van der Waals surface area contributed by atoms with E-state index in [2.05, 4.69) is 17.2 Å². The summed E-state index contributed by atoms with van der Waals surface area (Å²) in [7, 11) is 0. The van der Waals surface area contributed by atoms with Gasteiger partial charge in [0.1, 0.15) is 17.1 Å². The van der Waals surface area contributed by atoms with Gasteiger partial charge in [-0.2, -0.15) is 0 Å². The Labute approximate surface area is 150 Å². The topological polar surface area (TPSA) is 66.6 Å². The lowest BCUT2D eigenvalue weighted by atomic mass is 10.1. The summed E-state index contributed by atoms with van der Waals surface area (Å²) in [6.45, 7) is 2.07. The van der Waals surface area contributed by atoms with Gasteiger partial charge in [-0.05, 0) is 30.7 Å². The molecule has 0 atom stereocenters. The smallest absolute Gasteiger partial charge is 0.274 e. The number of carbonyl (C=O) groups excluding carboxylic acids is 1. The first-order chi connectivity index (χ1) is 12.7. The number of hydrogen-bond acceptors (Lipinski definition) is 3. The van der Waals surface area contributed by atoms with Gasteiger partial charge < -0.3 is 10.4 Å². The first-order valence-electron chi connectivity index (χ1n) is 8.67. The number of hydrogen-bond donors (Lipinski definition) is 2. The predicted molar refractivity (Wildman–Crippen MR) is 103 cm³/mol. The summed E-state index contributed by atoms with van der Waals surface area (Å²) in [4.78, 5) is 17.7. The highest BCUT2D eigenvalue weighted by Gasteiger charge is 2.19. The van der Waals surface area contributed by atoms with Crippen molar-refractivity contribution in [2.45, 2.75) is 19.8 Å². The summed E-state index contributed by atoms with van der Waals surface area (Å²) in [5, 5.41) is 14.5. The molecule has 130 valence electrons. The van der Waals surface area contributed by atoms with Crippen LogP contribution in [0.1, 0.15) is 29.5 Å². The maximum atomic E-state index is 13.1. The molecule has 0 aliphatic carbocycles. The van der Waals surface area contributed by atoms with Gasteiger partial charge in [0, 0.05) is 22.7 Å². The lowest BCUT2D eigenvalue weighted by Gasteiger charge is -2.10. The number of anilines is 1. The molecule has 2 aromatic heterocycles. The standard InChI is InChI=1S/C21H19N3O2/c1-2-7-17-20(24-13-4-3-12-19(24)22-17)21(26)23-16-10-5-9-15-14(16)8-6-11-18(15)25/h3-6,8-13,25H,2,7H2,1H3,(H,23,26). The molecule has 0 aliphatic heterocycles. The van der Waals surface area contributed by atoms with Crippen molar-refractivity contribution >= 4 is 28.0 Å². The first kappa shape index (κ1) is 16.1. The quantitative estimate of drug-likeness (QED) is 0.576. The van der Waals surface area contributed by atoms with Crippen molar-refractivity contribution in [3.05, 3.63) is 72.2 Å². The third kappa shape index (κ3) is 2.67. The van der Waals surface area contributed by atoms with Gasteiger partial charge >= 0.3 is 0 Å². The van der Waals surface area contributed by atoms with Crippen LogP contribution in [-0.4, -0.2) is 20.4 Å². The number of aryl methyl sites for hydroxylation is 1. The number of pyridine rings is 1. The van der Waals surface area contributed by atoms with Crippen LogP contribution < -0.4 is 5.32 Å². The van der Waals surface area contributed by atoms with Gasteiger partial charge in [-0.25, -0.2) is 4.98 Å². The van der Waals surface area contributed by atoms with Gasteiger partial charge in [-0.15, -0.1) is 0 Å². The molecule has 5 heteroatoms. The van der Waals surface area contributed by atoms with Crippen LogP contribution in [0.5, 0.6) is 5.75 Å². The number of phenols is 1. The van der Waals surface area contributed by atoms with Crippen molar-refractivity contribution in [1.82, 2.24) is 9.38 Å². The van der Waals surface area contributed by atoms with Gasteiger partial charge in [0.2, 0.25) is 0 Å². The Morgan fingerprint density at radius 2 is 1.88 bits per heavy atom. The lowest BCUT2D eigenvalue weighted by Crippen LogP contribution is -2.16. The van der Waals surface area contributed by atoms with Crippen LogP contribution in [0.15, 0.2) is 60.8 Å². The molecule has 2 N–H and O–H groups in total. The number of nitrogens with zero attached hydrogens (tertiary/aromatic N) is 2. The number of phenolic OH excluding ortho intramolecular Hbond substituents is 1. The van der Waals surface area contributed by atoms with Gasteiger partial charge in [-0.1, -0.05) is 43.7 Å². The average Bonchev–Trinajstić information content (AvgIpc) is 3.01. The van der Waals surface area contributed by atoms with E-state index in [0.29, 0.717) is 16.8 Å². The zero-order chi connectivity index (χ0) is 18.1. The van der Waals surface area contributed by atoms with Crippen molar-refractivity contribution in [2.24, 2.45) is 0 Å². The van der Waals surface area contributed by atoms with E-state index in [0.717, 1.165) is 29.6 Å². The minimum absolute atomic E-state index is 0.195. The van der Waals surface area contributed by atoms with E-state index >= 15 is 0 Å². The number of rotatable bonds is 4. The molecule has 0 saturated heterocycles. The Morgan fingerprint density at radius 1 is 1.08 bits per heavy atom. The van der Waals surface area contributed by atoms with Crippen molar-refractivity contribution in [2.75, 3.05) is 5.32 Å². The molecule has 4 aromatic rings. The molecule has 4 rings (SSSR count). The van der Waals surface area contributed by atoms with E-state index in [-0.39, 0.29) is 11.7 Å². The number of amides is 1. The summed E-state index contributed by atoms with van der Waals surface area (Å²) in [5.74, 6) is -0.0110. The fraction of sp³-hybridized carbons (Fsp3) is 0.143. The molecule has 0 aliphatic rings. The number of aromatic nitrogens is 2. The third-order valence-corrected chi connectivity index (χ3v) is 4.45. The third-order valence-electron chi connectivity index (χ3n) is 4.45. The second-order valence-electron chi connectivity index (χ2n) is 6.22. The summed E-state index contributed by atoms with van der Waals surface area (Å²) in [6.07, 6.45) is 3.50. The van der Waals surface area contributed by atoms with Crippen LogP contribution in [0.25, 0.3) is 16.4 Å². The van der Waals surface area contributed by atoms with Gasteiger partial charge in [0.25, 0.3) is 5.91 Å². The SMILES string of the molecule is CCCc1nc2ccccn2c1C(=O)Nc1cccc2c(O)cccc12. The number of carbonyl (C=O) groups is 1. The number of benzene rings is 2. The average molecular weight is 345 g/mol. The Kier molecular flexibility index (Phi) is 4.05. The van der Waals surface area contributed by atoms with Crippen LogP contribution in [0.2, 0.25) is 0 Å². The molecule has 1 amide bonds. The molecule has 0 bridgehead atoms. The fourth-order valence-electron chi connectivity index (χ4n) is 3.28. The van der Waals surface area contributed by atoms with Crippen LogP contribution in [0.3, 0.4) is 0 Å². The van der Waals surface area contributed by atoms with E-state index in [9.17, 15) is 9.90 Å². The molecule has 0 fully saturated rings. The van der Waals surface area contributed by atoms with E-state index in [1.807, 2.05) is 53.1 Å². The Balaban J connectivity index is 1.79. The number of nitrogens with one attached hydrogen (secondary N) is 1. The maximum absolute atomic E-state index is 13.1. The second kappa shape index (κ2) is 6.52. The highest BCUT2D eigenvalue weighted by atomic mass is 16.3. The van der Waals surface area contributed by atoms with E-state index in [4.69, 9.17) is 0 Å². The second-order valence-corrected chi connectivity index (χ2v) is 6.22. The van der Waals surface area contributed by atoms with Crippen LogP contribution in [0.4, 0.5) is 5.69 Å². The molecule has 2 heterocycles. The fourth-order valence-corrected chi connectivity index (χ4v) is 3.28.